The van der Waals surface area contributed by atoms with Crippen LogP contribution in [0.3, 0.4) is 0 Å². The number of nitro groups is 1. The maximum Gasteiger partial charge on any atom is 0.273 e. The Labute approximate surface area is 117 Å². The van der Waals surface area contributed by atoms with Gasteiger partial charge in [0.25, 0.3) is 5.69 Å². The lowest BCUT2D eigenvalue weighted by Gasteiger charge is -2.07. The predicted octanol–water partition coefficient (Wildman–Crippen LogP) is 3.23. The van der Waals surface area contributed by atoms with Gasteiger partial charge in [-0.2, -0.15) is 0 Å². The number of nitrogens with one attached hydrogen (secondary N) is 1. The number of oxazole rings is 1. The van der Waals surface area contributed by atoms with Crippen molar-refractivity contribution in [1.82, 2.24) is 10.3 Å². The van der Waals surface area contributed by atoms with E-state index >= 15 is 0 Å². The smallest absolute Gasteiger partial charge is 0.273 e. The maximum atomic E-state index is 11.0. The maximum absolute atomic E-state index is 11.0. The van der Waals surface area contributed by atoms with Crippen molar-refractivity contribution in [3.63, 3.8) is 0 Å². The highest BCUT2D eigenvalue weighted by Crippen LogP contribution is 2.30. The summed E-state index contributed by atoms with van der Waals surface area (Å²) in [5, 5.41) is 14.2. The van der Waals surface area contributed by atoms with Crippen molar-refractivity contribution in [2.24, 2.45) is 0 Å². The monoisotopic (exact) mass is 275 g/mol. The van der Waals surface area contributed by atoms with Gasteiger partial charge in [-0.1, -0.05) is 19.1 Å². The van der Waals surface area contributed by atoms with Crippen LogP contribution in [0.1, 0.15) is 31.3 Å². The summed E-state index contributed by atoms with van der Waals surface area (Å²) in [5.74, 6) is 1.12. The zero-order valence-electron chi connectivity index (χ0n) is 11.7. The molecule has 1 unspecified atom stereocenters. The zero-order valence-corrected chi connectivity index (χ0v) is 11.7. The van der Waals surface area contributed by atoms with Crippen LogP contribution in [0.5, 0.6) is 0 Å². The third-order valence-corrected chi connectivity index (χ3v) is 3.17. The molecular weight excluding hydrogens is 258 g/mol. The summed E-state index contributed by atoms with van der Waals surface area (Å²) >= 11 is 0. The van der Waals surface area contributed by atoms with Gasteiger partial charge in [-0.25, -0.2) is 4.98 Å². The van der Waals surface area contributed by atoms with Crippen molar-refractivity contribution < 1.29 is 9.34 Å². The number of hydrogen-bond donors (Lipinski definition) is 1. The zero-order chi connectivity index (χ0) is 14.7. The average Bonchev–Trinajstić information content (AvgIpc) is 2.88. The Hall–Kier alpha value is -2.21. The van der Waals surface area contributed by atoms with Crippen LogP contribution in [0, 0.1) is 17.0 Å². The average molecular weight is 275 g/mol. The summed E-state index contributed by atoms with van der Waals surface area (Å²) in [6.45, 7) is 6.49. The van der Waals surface area contributed by atoms with Crippen molar-refractivity contribution in [3.05, 3.63) is 46.0 Å². The topological polar surface area (TPSA) is 81.2 Å². The van der Waals surface area contributed by atoms with Crippen LogP contribution in [0.15, 0.2) is 28.8 Å². The molecule has 0 saturated carbocycles. The Morgan fingerprint density at radius 2 is 2.25 bits per heavy atom. The van der Waals surface area contributed by atoms with Gasteiger partial charge in [0.05, 0.1) is 17.2 Å². The fraction of sp³-hybridized carbons (Fsp3) is 0.357. The van der Waals surface area contributed by atoms with E-state index in [1.54, 1.807) is 25.3 Å². The second-order valence-electron chi connectivity index (χ2n) is 4.55. The fourth-order valence-corrected chi connectivity index (χ4v) is 2.09. The molecule has 1 atom stereocenters. The van der Waals surface area contributed by atoms with Gasteiger partial charge in [0.15, 0.2) is 5.76 Å². The Morgan fingerprint density at radius 3 is 2.90 bits per heavy atom. The van der Waals surface area contributed by atoms with Crippen LogP contribution in [0.4, 0.5) is 5.69 Å². The van der Waals surface area contributed by atoms with Crippen LogP contribution in [-0.4, -0.2) is 16.5 Å². The fourth-order valence-electron chi connectivity index (χ4n) is 2.09. The van der Waals surface area contributed by atoms with E-state index in [2.05, 4.69) is 10.3 Å². The summed E-state index contributed by atoms with van der Waals surface area (Å²) in [4.78, 5) is 14.8. The molecule has 0 aliphatic heterocycles. The molecular formula is C14H17N3O3. The lowest BCUT2D eigenvalue weighted by molar-refractivity contribution is -0.385. The van der Waals surface area contributed by atoms with Crippen LogP contribution >= 0.6 is 0 Å². The summed E-state index contributed by atoms with van der Waals surface area (Å²) < 4.78 is 5.70. The van der Waals surface area contributed by atoms with Crippen molar-refractivity contribution in [3.8, 4) is 11.3 Å². The van der Waals surface area contributed by atoms with E-state index in [0.29, 0.717) is 22.8 Å². The first-order valence-corrected chi connectivity index (χ1v) is 6.48. The van der Waals surface area contributed by atoms with Gasteiger partial charge in [-0.05, 0) is 20.4 Å². The summed E-state index contributed by atoms with van der Waals surface area (Å²) in [6, 6.07) is 4.94. The molecule has 0 saturated heterocycles. The Balaban J connectivity index is 2.38. The van der Waals surface area contributed by atoms with Gasteiger partial charge in [-0.15, -0.1) is 0 Å². The number of benzene rings is 1. The summed E-state index contributed by atoms with van der Waals surface area (Å²) in [7, 11) is 0. The van der Waals surface area contributed by atoms with Gasteiger partial charge in [0, 0.05) is 17.2 Å². The molecule has 20 heavy (non-hydrogen) atoms. The quantitative estimate of drug-likeness (QED) is 0.669. The molecule has 1 heterocycles. The SMILES string of the molecule is CCNC(C)c1ncc(-c2cccc([N+](=O)[O-])c2C)o1. The first-order valence-electron chi connectivity index (χ1n) is 6.48. The molecule has 2 aromatic rings. The van der Waals surface area contributed by atoms with Crippen LogP contribution in [0.2, 0.25) is 0 Å². The van der Waals surface area contributed by atoms with Gasteiger partial charge < -0.3 is 9.73 Å². The van der Waals surface area contributed by atoms with E-state index in [1.165, 1.54) is 6.07 Å². The van der Waals surface area contributed by atoms with E-state index in [9.17, 15) is 10.1 Å². The van der Waals surface area contributed by atoms with Gasteiger partial charge >= 0.3 is 0 Å². The standard InChI is InChI=1S/C14H17N3O3/c1-4-15-10(3)14-16-8-13(20-14)11-6-5-7-12(9(11)2)17(18)19/h5-8,10,15H,4H2,1-3H3. The normalized spacial score (nSPS) is 12.3. The van der Waals surface area contributed by atoms with Gasteiger partial charge in [0.1, 0.15) is 0 Å². The highest BCUT2D eigenvalue weighted by molar-refractivity contribution is 5.66. The molecule has 1 aromatic carbocycles. The Bertz CT molecular complexity index is 622. The molecule has 0 aliphatic carbocycles. The van der Waals surface area contributed by atoms with Gasteiger partial charge in [-0.3, -0.25) is 10.1 Å². The van der Waals surface area contributed by atoms with Crippen LogP contribution < -0.4 is 5.32 Å². The third-order valence-electron chi connectivity index (χ3n) is 3.17. The molecule has 1 N–H and O–H groups in total. The van der Waals surface area contributed by atoms with E-state index in [0.717, 1.165) is 6.54 Å². The summed E-state index contributed by atoms with van der Waals surface area (Å²) in [5.41, 5.74) is 1.36. The molecule has 1 aromatic heterocycles. The lowest BCUT2D eigenvalue weighted by Crippen LogP contribution is -2.17. The van der Waals surface area contributed by atoms with E-state index in [-0.39, 0.29) is 11.7 Å². The minimum absolute atomic E-state index is 0.00718. The van der Waals surface area contributed by atoms with Crippen molar-refractivity contribution in [2.45, 2.75) is 26.8 Å². The third kappa shape index (κ3) is 2.70. The van der Waals surface area contributed by atoms with Crippen LogP contribution in [0.25, 0.3) is 11.3 Å². The number of hydrogen-bond acceptors (Lipinski definition) is 5. The number of nitro benzene ring substituents is 1. The van der Waals surface area contributed by atoms with Gasteiger partial charge in [0.2, 0.25) is 5.89 Å². The molecule has 0 aliphatic rings. The second kappa shape index (κ2) is 5.83. The molecule has 6 heteroatoms. The van der Waals surface area contributed by atoms with Crippen molar-refractivity contribution in [2.75, 3.05) is 6.54 Å². The number of aromatic nitrogens is 1. The van der Waals surface area contributed by atoms with E-state index in [1.807, 2.05) is 13.8 Å². The van der Waals surface area contributed by atoms with E-state index in [4.69, 9.17) is 4.42 Å². The largest absolute Gasteiger partial charge is 0.439 e. The molecule has 6 nitrogen and oxygen atoms in total. The molecule has 0 radical (unpaired) electrons. The van der Waals surface area contributed by atoms with E-state index < -0.39 is 4.92 Å². The molecule has 2 rings (SSSR count). The Morgan fingerprint density at radius 1 is 1.50 bits per heavy atom. The van der Waals surface area contributed by atoms with Crippen molar-refractivity contribution in [1.29, 1.82) is 0 Å². The highest BCUT2D eigenvalue weighted by Gasteiger charge is 2.18. The van der Waals surface area contributed by atoms with Crippen molar-refractivity contribution >= 4 is 5.69 Å². The lowest BCUT2D eigenvalue weighted by atomic mass is 10.1. The van der Waals surface area contributed by atoms with Crippen LogP contribution in [-0.2, 0) is 0 Å². The molecule has 0 bridgehead atoms. The Kier molecular flexibility index (Phi) is 4.14. The molecule has 0 fully saturated rings. The molecule has 0 spiro atoms. The molecule has 106 valence electrons. The second-order valence-corrected chi connectivity index (χ2v) is 4.55. The highest BCUT2D eigenvalue weighted by atomic mass is 16.6. The first kappa shape index (κ1) is 14.2. The number of nitrogens with zero attached hydrogens (tertiary/aromatic N) is 2. The first-order chi connectivity index (χ1) is 9.54. The number of rotatable bonds is 5. The molecule has 0 amide bonds. The minimum atomic E-state index is -0.391. The predicted molar refractivity (Wildman–Crippen MR) is 75.4 cm³/mol. The summed E-state index contributed by atoms with van der Waals surface area (Å²) in [6.07, 6.45) is 1.61. The minimum Gasteiger partial charge on any atom is -0.439 e.